The van der Waals surface area contributed by atoms with Gasteiger partial charge in [0.15, 0.2) is 0 Å². The van der Waals surface area contributed by atoms with Crippen molar-refractivity contribution < 1.29 is 14.6 Å². The molecule has 0 saturated carbocycles. The molecule has 0 saturated heterocycles. The maximum absolute atomic E-state index is 9.31. The van der Waals surface area contributed by atoms with Gasteiger partial charge >= 0.3 is 0 Å². The molecule has 0 aliphatic carbocycles. The fourth-order valence-corrected chi connectivity index (χ4v) is 1.31. The Balaban J connectivity index is 3.55. The Morgan fingerprint density at radius 3 is 2.41 bits per heavy atom. The quantitative estimate of drug-likeness (QED) is 0.542. The van der Waals surface area contributed by atoms with Gasteiger partial charge in [-0.1, -0.05) is 20.8 Å². The lowest BCUT2D eigenvalue weighted by Crippen LogP contribution is -2.50. The van der Waals surface area contributed by atoms with Gasteiger partial charge in [-0.15, -0.1) is 0 Å². The number of hydrogen-bond acceptors (Lipinski definition) is 4. The highest BCUT2D eigenvalue weighted by Gasteiger charge is 2.22. The molecule has 1 unspecified atom stereocenters. The molecule has 17 heavy (non-hydrogen) atoms. The lowest BCUT2D eigenvalue weighted by atomic mass is 10.1. The van der Waals surface area contributed by atoms with Crippen LogP contribution in [-0.4, -0.2) is 50.2 Å². The van der Waals surface area contributed by atoms with Gasteiger partial charge in [-0.3, -0.25) is 0 Å². The summed E-state index contributed by atoms with van der Waals surface area (Å²) in [5.74, 6) is 0.559. The summed E-state index contributed by atoms with van der Waals surface area (Å²) in [5, 5.41) is 12.6. The van der Waals surface area contributed by atoms with Crippen LogP contribution in [0.1, 0.15) is 34.1 Å². The largest absolute Gasteiger partial charge is 0.394 e. The van der Waals surface area contributed by atoms with Gasteiger partial charge in [-0.2, -0.15) is 0 Å². The molecule has 0 aliphatic heterocycles. The zero-order valence-electron chi connectivity index (χ0n) is 11.8. The SMILES string of the molecule is CCCNC(C)(CO)COCCOCC(C)C. The maximum atomic E-state index is 9.31. The van der Waals surface area contributed by atoms with Gasteiger partial charge in [0, 0.05) is 6.61 Å². The molecule has 0 radical (unpaired) electrons. The first-order valence-corrected chi connectivity index (χ1v) is 6.55. The molecular weight excluding hydrogens is 218 g/mol. The van der Waals surface area contributed by atoms with Crippen LogP contribution in [0.25, 0.3) is 0 Å². The topological polar surface area (TPSA) is 50.7 Å². The molecular formula is C13H29NO3. The Labute approximate surface area is 106 Å². The third-order valence-corrected chi connectivity index (χ3v) is 2.39. The first-order valence-electron chi connectivity index (χ1n) is 6.55. The van der Waals surface area contributed by atoms with E-state index in [0.29, 0.717) is 25.7 Å². The van der Waals surface area contributed by atoms with Crippen LogP contribution < -0.4 is 5.32 Å². The van der Waals surface area contributed by atoms with Crippen LogP contribution in [-0.2, 0) is 9.47 Å². The molecule has 2 N–H and O–H groups in total. The van der Waals surface area contributed by atoms with Crippen molar-refractivity contribution in [2.45, 2.75) is 39.7 Å². The Kier molecular flexibility index (Phi) is 9.74. The van der Waals surface area contributed by atoms with E-state index in [1.165, 1.54) is 0 Å². The molecule has 104 valence electrons. The third kappa shape index (κ3) is 9.53. The highest BCUT2D eigenvalue weighted by atomic mass is 16.5. The molecule has 0 heterocycles. The molecule has 0 fully saturated rings. The van der Waals surface area contributed by atoms with Crippen LogP contribution in [0.3, 0.4) is 0 Å². The van der Waals surface area contributed by atoms with Gasteiger partial charge in [0.2, 0.25) is 0 Å². The molecule has 0 aromatic carbocycles. The van der Waals surface area contributed by atoms with Crippen molar-refractivity contribution >= 4 is 0 Å². The van der Waals surface area contributed by atoms with E-state index in [-0.39, 0.29) is 12.1 Å². The number of rotatable bonds is 11. The zero-order chi connectivity index (χ0) is 13.1. The van der Waals surface area contributed by atoms with Crippen LogP contribution in [0.4, 0.5) is 0 Å². The van der Waals surface area contributed by atoms with Crippen molar-refractivity contribution in [3.63, 3.8) is 0 Å². The molecule has 0 spiro atoms. The normalized spacial score (nSPS) is 15.2. The first kappa shape index (κ1) is 16.8. The summed E-state index contributed by atoms with van der Waals surface area (Å²) in [6.07, 6.45) is 1.05. The van der Waals surface area contributed by atoms with E-state index in [4.69, 9.17) is 9.47 Å². The Morgan fingerprint density at radius 2 is 1.88 bits per heavy atom. The highest BCUT2D eigenvalue weighted by molar-refractivity contribution is 4.81. The van der Waals surface area contributed by atoms with E-state index >= 15 is 0 Å². The molecule has 4 heteroatoms. The van der Waals surface area contributed by atoms with Crippen molar-refractivity contribution in [3.8, 4) is 0 Å². The standard InChI is InChI=1S/C13H29NO3/c1-5-6-14-13(4,10-15)11-17-8-7-16-9-12(2)3/h12,14-15H,5-11H2,1-4H3. The van der Waals surface area contributed by atoms with Crippen LogP contribution in [0.2, 0.25) is 0 Å². The van der Waals surface area contributed by atoms with E-state index in [1.54, 1.807) is 0 Å². The fraction of sp³-hybridized carbons (Fsp3) is 1.00. The Morgan fingerprint density at radius 1 is 1.24 bits per heavy atom. The van der Waals surface area contributed by atoms with E-state index in [2.05, 4.69) is 26.1 Å². The van der Waals surface area contributed by atoms with Crippen LogP contribution >= 0.6 is 0 Å². The van der Waals surface area contributed by atoms with Crippen LogP contribution in [0, 0.1) is 5.92 Å². The molecule has 0 aromatic rings. The number of aliphatic hydroxyl groups excluding tert-OH is 1. The summed E-state index contributed by atoms with van der Waals surface area (Å²) in [5.41, 5.74) is -0.339. The minimum absolute atomic E-state index is 0.0832. The van der Waals surface area contributed by atoms with Crippen molar-refractivity contribution in [3.05, 3.63) is 0 Å². The molecule has 0 amide bonds. The highest BCUT2D eigenvalue weighted by Crippen LogP contribution is 2.03. The van der Waals surface area contributed by atoms with E-state index in [1.807, 2.05) is 6.92 Å². The second kappa shape index (κ2) is 9.83. The van der Waals surface area contributed by atoms with Gasteiger partial charge in [0.25, 0.3) is 0 Å². The lowest BCUT2D eigenvalue weighted by molar-refractivity contribution is 0.00379. The average molecular weight is 247 g/mol. The fourth-order valence-electron chi connectivity index (χ4n) is 1.31. The van der Waals surface area contributed by atoms with Crippen LogP contribution in [0.15, 0.2) is 0 Å². The summed E-state index contributed by atoms with van der Waals surface area (Å²) >= 11 is 0. The van der Waals surface area contributed by atoms with Crippen molar-refractivity contribution in [2.24, 2.45) is 5.92 Å². The Hall–Kier alpha value is -0.160. The average Bonchev–Trinajstić information content (AvgIpc) is 2.30. The second-order valence-electron chi connectivity index (χ2n) is 5.17. The molecule has 4 nitrogen and oxygen atoms in total. The third-order valence-electron chi connectivity index (χ3n) is 2.39. The molecule has 0 bridgehead atoms. The molecule has 0 aliphatic rings. The Bertz CT molecular complexity index is 176. The summed E-state index contributed by atoms with van der Waals surface area (Å²) in [6, 6.07) is 0. The minimum Gasteiger partial charge on any atom is -0.394 e. The summed E-state index contributed by atoms with van der Waals surface area (Å²) in [7, 11) is 0. The molecule has 0 aromatic heterocycles. The van der Waals surface area contributed by atoms with Gasteiger partial charge < -0.3 is 19.9 Å². The number of hydrogen-bond donors (Lipinski definition) is 2. The van der Waals surface area contributed by atoms with Crippen molar-refractivity contribution in [2.75, 3.05) is 39.6 Å². The summed E-state index contributed by atoms with van der Waals surface area (Å²) < 4.78 is 10.9. The zero-order valence-corrected chi connectivity index (χ0v) is 11.8. The van der Waals surface area contributed by atoms with Crippen molar-refractivity contribution in [1.82, 2.24) is 5.32 Å². The van der Waals surface area contributed by atoms with Gasteiger partial charge in [0.05, 0.1) is 32.0 Å². The summed E-state index contributed by atoms with van der Waals surface area (Å²) in [4.78, 5) is 0. The van der Waals surface area contributed by atoms with Gasteiger partial charge in [0.1, 0.15) is 0 Å². The summed E-state index contributed by atoms with van der Waals surface area (Å²) in [6.45, 7) is 11.8. The van der Waals surface area contributed by atoms with Crippen LogP contribution in [0.5, 0.6) is 0 Å². The lowest BCUT2D eigenvalue weighted by Gasteiger charge is -2.28. The second-order valence-corrected chi connectivity index (χ2v) is 5.17. The monoisotopic (exact) mass is 247 g/mol. The smallest absolute Gasteiger partial charge is 0.0701 e. The number of ether oxygens (including phenoxy) is 2. The van der Waals surface area contributed by atoms with E-state index < -0.39 is 0 Å². The minimum atomic E-state index is -0.339. The van der Waals surface area contributed by atoms with E-state index in [9.17, 15) is 5.11 Å². The van der Waals surface area contributed by atoms with Gasteiger partial charge in [-0.05, 0) is 25.8 Å². The molecule has 1 atom stereocenters. The van der Waals surface area contributed by atoms with E-state index in [0.717, 1.165) is 19.6 Å². The van der Waals surface area contributed by atoms with Gasteiger partial charge in [-0.25, -0.2) is 0 Å². The van der Waals surface area contributed by atoms with Crippen molar-refractivity contribution in [1.29, 1.82) is 0 Å². The number of aliphatic hydroxyl groups is 1. The number of nitrogens with one attached hydrogen (secondary N) is 1. The first-order chi connectivity index (χ1) is 8.04. The predicted molar refractivity (Wildman–Crippen MR) is 70.3 cm³/mol. The maximum Gasteiger partial charge on any atom is 0.0701 e. The molecule has 0 rings (SSSR count). The predicted octanol–water partition coefficient (Wildman–Crippen LogP) is 1.43.